The number of ether oxygens (including phenoxy) is 1. The SMILES string of the molecule is O=C(COCC1CCCCCC1)c1cc(Cl)sc1Cl. The monoisotopic (exact) mass is 320 g/mol. The molecule has 0 aromatic carbocycles. The summed E-state index contributed by atoms with van der Waals surface area (Å²) in [6.45, 7) is 0.782. The molecular formula is C14H18Cl2O2S. The second-order valence-electron chi connectivity index (χ2n) is 5.03. The molecule has 1 aliphatic rings. The topological polar surface area (TPSA) is 26.3 Å². The largest absolute Gasteiger partial charge is 0.373 e. The van der Waals surface area contributed by atoms with E-state index in [0.29, 0.717) is 26.8 Å². The van der Waals surface area contributed by atoms with Crippen molar-refractivity contribution in [2.45, 2.75) is 38.5 Å². The molecule has 0 saturated heterocycles. The fraction of sp³-hybridized carbons (Fsp3) is 0.643. The minimum atomic E-state index is -0.0817. The van der Waals surface area contributed by atoms with E-state index >= 15 is 0 Å². The third-order valence-electron chi connectivity index (χ3n) is 3.52. The molecule has 0 atom stereocenters. The van der Waals surface area contributed by atoms with Gasteiger partial charge in [0.05, 0.1) is 16.5 Å². The van der Waals surface area contributed by atoms with E-state index in [9.17, 15) is 4.79 Å². The first-order valence-electron chi connectivity index (χ1n) is 6.72. The summed E-state index contributed by atoms with van der Waals surface area (Å²) < 4.78 is 6.55. The summed E-state index contributed by atoms with van der Waals surface area (Å²) in [6, 6.07) is 1.62. The summed E-state index contributed by atoms with van der Waals surface area (Å²) in [5, 5.41) is 0. The average Bonchev–Trinajstić information content (AvgIpc) is 2.58. The number of thiophene rings is 1. The van der Waals surface area contributed by atoms with Crippen LogP contribution in [0.3, 0.4) is 0 Å². The normalized spacial score (nSPS) is 17.4. The van der Waals surface area contributed by atoms with Crippen molar-refractivity contribution in [2.75, 3.05) is 13.2 Å². The van der Waals surface area contributed by atoms with Gasteiger partial charge in [-0.25, -0.2) is 0 Å². The summed E-state index contributed by atoms with van der Waals surface area (Å²) in [4.78, 5) is 11.9. The molecule has 1 aromatic heterocycles. The first-order chi connectivity index (χ1) is 9.16. The molecule has 0 unspecified atom stereocenters. The van der Waals surface area contributed by atoms with Gasteiger partial charge in [0, 0.05) is 0 Å². The van der Waals surface area contributed by atoms with Crippen LogP contribution in [0.1, 0.15) is 48.9 Å². The first-order valence-corrected chi connectivity index (χ1v) is 8.30. The van der Waals surface area contributed by atoms with Crippen molar-refractivity contribution in [1.82, 2.24) is 0 Å². The minimum absolute atomic E-state index is 0.0817. The first kappa shape index (κ1) is 15.3. The number of carbonyl (C=O) groups is 1. The Morgan fingerprint density at radius 3 is 2.53 bits per heavy atom. The van der Waals surface area contributed by atoms with Crippen LogP contribution in [0, 0.1) is 5.92 Å². The van der Waals surface area contributed by atoms with E-state index in [1.54, 1.807) is 6.07 Å². The minimum Gasteiger partial charge on any atom is -0.373 e. The van der Waals surface area contributed by atoms with Gasteiger partial charge in [-0.1, -0.05) is 48.9 Å². The number of halogens is 2. The van der Waals surface area contributed by atoms with Crippen LogP contribution in [0.15, 0.2) is 6.07 Å². The van der Waals surface area contributed by atoms with Crippen LogP contribution in [0.2, 0.25) is 8.67 Å². The highest BCUT2D eigenvalue weighted by Gasteiger charge is 2.16. The molecule has 1 heterocycles. The van der Waals surface area contributed by atoms with Crippen LogP contribution in [-0.4, -0.2) is 19.0 Å². The Morgan fingerprint density at radius 1 is 1.26 bits per heavy atom. The highest BCUT2D eigenvalue weighted by Crippen LogP contribution is 2.31. The zero-order valence-electron chi connectivity index (χ0n) is 10.8. The standard InChI is InChI=1S/C14H18Cl2O2S/c15-13-7-11(14(16)19-13)12(17)9-18-8-10-5-3-1-2-4-6-10/h7,10H,1-6,8-9H2. The number of rotatable bonds is 5. The van der Waals surface area contributed by atoms with E-state index in [2.05, 4.69) is 0 Å². The molecule has 1 aromatic rings. The Kier molecular flexibility index (Phi) is 6.14. The second-order valence-corrected chi connectivity index (χ2v) is 7.32. The van der Waals surface area contributed by atoms with E-state index < -0.39 is 0 Å². The Morgan fingerprint density at radius 2 is 1.95 bits per heavy atom. The molecular weight excluding hydrogens is 303 g/mol. The molecule has 2 nitrogen and oxygen atoms in total. The maximum atomic E-state index is 11.9. The molecule has 0 amide bonds. The van der Waals surface area contributed by atoms with Crippen molar-refractivity contribution in [3.63, 3.8) is 0 Å². The van der Waals surface area contributed by atoms with Gasteiger partial charge >= 0.3 is 0 Å². The molecule has 2 rings (SSSR count). The molecule has 106 valence electrons. The summed E-state index contributed by atoms with van der Waals surface area (Å²) in [7, 11) is 0. The van der Waals surface area contributed by atoms with Crippen LogP contribution in [-0.2, 0) is 4.74 Å². The third kappa shape index (κ3) is 4.75. The van der Waals surface area contributed by atoms with Crippen LogP contribution < -0.4 is 0 Å². The molecule has 0 N–H and O–H groups in total. The van der Waals surface area contributed by atoms with Crippen molar-refractivity contribution < 1.29 is 9.53 Å². The van der Waals surface area contributed by atoms with Gasteiger partial charge in [0.15, 0.2) is 5.78 Å². The fourth-order valence-corrected chi connectivity index (χ4v) is 3.96. The van der Waals surface area contributed by atoms with Crippen LogP contribution in [0.4, 0.5) is 0 Å². The van der Waals surface area contributed by atoms with Crippen molar-refractivity contribution in [1.29, 1.82) is 0 Å². The van der Waals surface area contributed by atoms with Gasteiger partial charge in [-0.15, -0.1) is 11.3 Å². The Labute approximate surface area is 128 Å². The lowest BCUT2D eigenvalue weighted by atomic mass is 10.0. The lowest BCUT2D eigenvalue weighted by Crippen LogP contribution is -2.14. The van der Waals surface area contributed by atoms with Gasteiger partial charge in [0.2, 0.25) is 0 Å². The second kappa shape index (κ2) is 7.63. The molecule has 0 radical (unpaired) electrons. The van der Waals surface area contributed by atoms with Gasteiger partial charge < -0.3 is 4.74 Å². The highest BCUT2D eigenvalue weighted by molar-refractivity contribution is 7.20. The van der Waals surface area contributed by atoms with Gasteiger partial charge in [0.1, 0.15) is 10.9 Å². The van der Waals surface area contributed by atoms with Crippen molar-refractivity contribution in [3.05, 3.63) is 20.3 Å². The molecule has 1 saturated carbocycles. The predicted octanol–water partition coefficient (Wildman–Crippen LogP) is 5.22. The van der Waals surface area contributed by atoms with Crippen LogP contribution in [0.25, 0.3) is 0 Å². The lowest BCUT2D eigenvalue weighted by molar-refractivity contribution is 0.0659. The maximum Gasteiger partial charge on any atom is 0.190 e. The zero-order chi connectivity index (χ0) is 13.7. The number of Topliss-reactive ketones (excluding diaryl/α,β-unsaturated/α-hetero) is 1. The Hall–Kier alpha value is -0.0900. The summed E-state index contributed by atoms with van der Waals surface area (Å²) in [6.07, 6.45) is 7.68. The maximum absolute atomic E-state index is 11.9. The third-order valence-corrected chi connectivity index (χ3v) is 5.01. The van der Waals surface area contributed by atoms with Gasteiger partial charge in [0.25, 0.3) is 0 Å². The van der Waals surface area contributed by atoms with Crippen LogP contribution in [0.5, 0.6) is 0 Å². The molecule has 0 aliphatic heterocycles. The van der Waals surface area contributed by atoms with E-state index in [0.717, 1.165) is 0 Å². The molecule has 0 spiro atoms. The number of hydrogen-bond acceptors (Lipinski definition) is 3. The lowest BCUT2D eigenvalue weighted by Gasteiger charge is -2.13. The van der Waals surface area contributed by atoms with Gasteiger partial charge in [-0.05, 0) is 24.8 Å². The van der Waals surface area contributed by atoms with E-state index in [-0.39, 0.29) is 12.4 Å². The van der Waals surface area contributed by atoms with Gasteiger partial charge in [-0.2, -0.15) is 0 Å². The van der Waals surface area contributed by atoms with Crippen LogP contribution >= 0.6 is 34.5 Å². The predicted molar refractivity (Wildman–Crippen MR) is 80.7 cm³/mol. The van der Waals surface area contributed by atoms with E-state index in [1.165, 1.54) is 49.9 Å². The smallest absolute Gasteiger partial charge is 0.190 e. The van der Waals surface area contributed by atoms with Crippen molar-refractivity contribution in [2.24, 2.45) is 5.92 Å². The summed E-state index contributed by atoms with van der Waals surface area (Å²) in [5.74, 6) is 0.526. The highest BCUT2D eigenvalue weighted by atomic mass is 35.5. The number of carbonyl (C=O) groups excluding carboxylic acids is 1. The molecule has 0 bridgehead atoms. The quantitative estimate of drug-likeness (QED) is 0.549. The number of hydrogen-bond donors (Lipinski definition) is 0. The van der Waals surface area contributed by atoms with E-state index in [4.69, 9.17) is 27.9 Å². The van der Waals surface area contributed by atoms with Gasteiger partial charge in [-0.3, -0.25) is 4.79 Å². The average molecular weight is 321 g/mol. The summed E-state index contributed by atoms with van der Waals surface area (Å²) in [5.41, 5.74) is 0.484. The molecule has 1 aliphatic carbocycles. The van der Waals surface area contributed by atoms with Crippen molar-refractivity contribution >= 4 is 40.3 Å². The van der Waals surface area contributed by atoms with Crippen molar-refractivity contribution in [3.8, 4) is 0 Å². The molecule has 19 heavy (non-hydrogen) atoms. The molecule has 1 fully saturated rings. The molecule has 5 heteroatoms. The Bertz CT molecular complexity index is 423. The van der Waals surface area contributed by atoms with E-state index in [1.807, 2.05) is 0 Å². The Balaban J connectivity index is 1.76. The zero-order valence-corrected chi connectivity index (χ0v) is 13.1. The number of ketones is 1. The fourth-order valence-electron chi connectivity index (χ4n) is 2.46. The summed E-state index contributed by atoms with van der Waals surface area (Å²) >= 11 is 13.0.